The van der Waals surface area contributed by atoms with Crippen LogP contribution in [0.15, 0.2) is 79.1 Å². The first-order valence-electron chi connectivity index (χ1n) is 12.3. The van der Waals surface area contributed by atoms with Crippen LogP contribution in [0.25, 0.3) is 11.1 Å². The fourth-order valence-corrected chi connectivity index (χ4v) is 5.17. The van der Waals surface area contributed by atoms with Crippen molar-refractivity contribution in [3.63, 3.8) is 0 Å². The number of carbonyl (C=O) groups excluding carboxylic acids is 3. The van der Waals surface area contributed by atoms with Gasteiger partial charge in [0.25, 0.3) is 0 Å². The van der Waals surface area contributed by atoms with Crippen molar-refractivity contribution in [1.29, 1.82) is 0 Å². The molecule has 184 valence electrons. The maximum absolute atomic E-state index is 13.4. The number of ether oxygens (including phenoxy) is 1. The van der Waals surface area contributed by atoms with E-state index in [0.717, 1.165) is 21.8 Å². The number of piperidine rings is 1. The molecule has 0 radical (unpaired) electrons. The average molecular weight is 484 g/mol. The van der Waals surface area contributed by atoms with Crippen LogP contribution in [-0.2, 0) is 19.8 Å². The lowest BCUT2D eigenvalue weighted by Crippen LogP contribution is -2.46. The van der Waals surface area contributed by atoms with Gasteiger partial charge >= 0.3 is 0 Å². The summed E-state index contributed by atoms with van der Waals surface area (Å²) in [4.78, 5) is 46.4. The van der Waals surface area contributed by atoms with Crippen molar-refractivity contribution in [3.8, 4) is 16.9 Å². The highest BCUT2D eigenvalue weighted by molar-refractivity contribution is 6.10. The zero-order chi connectivity index (χ0) is 25.1. The first kappa shape index (κ1) is 23.7. The highest BCUT2D eigenvalue weighted by Crippen LogP contribution is 2.40. The van der Waals surface area contributed by atoms with Crippen molar-refractivity contribution in [2.24, 2.45) is 0 Å². The molecule has 3 heterocycles. The van der Waals surface area contributed by atoms with Crippen LogP contribution in [0, 0.1) is 0 Å². The van der Waals surface area contributed by atoms with E-state index in [1.54, 1.807) is 17.3 Å². The highest BCUT2D eigenvalue weighted by atomic mass is 16.5. The quantitative estimate of drug-likeness (QED) is 0.498. The Balaban J connectivity index is 1.32. The van der Waals surface area contributed by atoms with Gasteiger partial charge in [0.1, 0.15) is 11.9 Å². The van der Waals surface area contributed by atoms with E-state index in [-0.39, 0.29) is 36.7 Å². The number of hydrogen-bond acceptors (Lipinski definition) is 5. The monoisotopic (exact) mass is 483 g/mol. The van der Waals surface area contributed by atoms with Crippen molar-refractivity contribution < 1.29 is 19.1 Å². The van der Waals surface area contributed by atoms with Crippen LogP contribution < -0.4 is 4.74 Å². The maximum Gasteiger partial charge on any atom is 0.240 e. The molecule has 0 bridgehead atoms. The molecular formula is C29H29N3O4. The minimum Gasteiger partial charge on any atom is -0.489 e. The number of imide groups is 1. The second kappa shape index (κ2) is 9.93. The summed E-state index contributed by atoms with van der Waals surface area (Å²) in [7, 11) is 1.50. The van der Waals surface area contributed by atoms with E-state index < -0.39 is 5.41 Å². The largest absolute Gasteiger partial charge is 0.489 e. The number of amides is 3. The van der Waals surface area contributed by atoms with E-state index in [1.807, 2.05) is 66.7 Å². The van der Waals surface area contributed by atoms with Gasteiger partial charge in [0.05, 0.1) is 11.6 Å². The Morgan fingerprint density at radius 1 is 0.972 bits per heavy atom. The molecule has 2 fully saturated rings. The summed E-state index contributed by atoms with van der Waals surface area (Å²) < 4.78 is 5.99. The molecule has 3 aromatic rings. The lowest BCUT2D eigenvalue weighted by Gasteiger charge is -2.35. The molecule has 2 aliphatic rings. The number of aromatic nitrogens is 1. The average Bonchev–Trinajstić information content (AvgIpc) is 3.14. The molecule has 0 aliphatic carbocycles. The summed E-state index contributed by atoms with van der Waals surface area (Å²) in [5.74, 6) is 0.0308. The summed E-state index contributed by atoms with van der Waals surface area (Å²) in [5.41, 5.74) is 1.60. The third-order valence-electron chi connectivity index (χ3n) is 7.27. The van der Waals surface area contributed by atoms with Gasteiger partial charge < -0.3 is 9.64 Å². The molecule has 5 rings (SSSR count). The van der Waals surface area contributed by atoms with Crippen LogP contribution in [0.4, 0.5) is 0 Å². The molecule has 0 spiro atoms. The molecular weight excluding hydrogens is 454 g/mol. The van der Waals surface area contributed by atoms with E-state index in [1.165, 1.54) is 7.05 Å². The van der Waals surface area contributed by atoms with Gasteiger partial charge in [-0.3, -0.25) is 24.3 Å². The minimum atomic E-state index is -1.18. The van der Waals surface area contributed by atoms with Gasteiger partial charge in [-0.2, -0.15) is 0 Å². The molecule has 2 aromatic carbocycles. The van der Waals surface area contributed by atoms with E-state index in [9.17, 15) is 14.4 Å². The normalized spacial score (nSPS) is 20.6. The lowest BCUT2D eigenvalue weighted by molar-refractivity contribution is -0.142. The zero-order valence-electron chi connectivity index (χ0n) is 20.3. The third kappa shape index (κ3) is 4.61. The molecule has 1 atom stereocenters. The van der Waals surface area contributed by atoms with Crippen LogP contribution in [0.1, 0.15) is 31.2 Å². The molecule has 1 aromatic heterocycles. The summed E-state index contributed by atoms with van der Waals surface area (Å²) in [6, 6.07) is 21.3. The Morgan fingerprint density at radius 2 is 1.67 bits per heavy atom. The molecule has 3 amide bonds. The molecule has 2 aliphatic heterocycles. The Kier molecular flexibility index (Phi) is 6.55. The number of carbonyl (C=O) groups is 3. The zero-order valence-corrected chi connectivity index (χ0v) is 20.3. The summed E-state index contributed by atoms with van der Waals surface area (Å²) in [5, 5.41) is 0. The number of nitrogens with zero attached hydrogens (tertiary/aromatic N) is 3. The number of likely N-dealkylation sites (N-methyl/N-ethyl adjacent to an activating group) is 1. The van der Waals surface area contributed by atoms with Gasteiger partial charge in [0, 0.05) is 52.0 Å². The van der Waals surface area contributed by atoms with Crippen molar-refractivity contribution in [2.45, 2.75) is 37.2 Å². The number of benzene rings is 2. The van der Waals surface area contributed by atoms with Crippen LogP contribution >= 0.6 is 0 Å². The smallest absolute Gasteiger partial charge is 0.240 e. The van der Waals surface area contributed by atoms with Crippen molar-refractivity contribution in [3.05, 3.63) is 84.7 Å². The molecule has 36 heavy (non-hydrogen) atoms. The standard InChI is InChI=1S/C29H29N3O4/c1-31-26(33)18-29(28(31)35,23-11-9-22(10-12-23)21-6-3-2-4-7-21)19-27(34)32-16-13-24(14-17-32)36-25-8-5-15-30-20-25/h2-12,15,20,24H,13-14,16-19H2,1H3. The molecule has 7 nitrogen and oxygen atoms in total. The van der Waals surface area contributed by atoms with Gasteiger partial charge in [0.2, 0.25) is 17.7 Å². The fraction of sp³-hybridized carbons (Fsp3) is 0.310. The fourth-order valence-electron chi connectivity index (χ4n) is 5.17. The number of rotatable bonds is 6. The van der Waals surface area contributed by atoms with Gasteiger partial charge in [-0.25, -0.2) is 0 Å². The SMILES string of the molecule is CN1C(=O)CC(CC(=O)N2CCC(Oc3cccnc3)CC2)(c2ccc(-c3ccccc3)cc2)C1=O. The molecule has 1 unspecified atom stereocenters. The molecule has 7 heteroatoms. The molecule has 2 saturated heterocycles. The second-order valence-corrected chi connectivity index (χ2v) is 9.52. The van der Waals surface area contributed by atoms with Crippen molar-refractivity contribution >= 4 is 17.7 Å². The summed E-state index contributed by atoms with van der Waals surface area (Å²) in [6.45, 7) is 1.09. The number of hydrogen-bond donors (Lipinski definition) is 0. The van der Waals surface area contributed by atoms with Crippen LogP contribution in [0.2, 0.25) is 0 Å². The second-order valence-electron chi connectivity index (χ2n) is 9.52. The van der Waals surface area contributed by atoms with Crippen LogP contribution in [0.3, 0.4) is 0 Å². The van der Waals surface area contributed by atoms with Crippen LogP contribution in [0.5, 0.6) is 5.75 Å². The highest BCUT2D eigenvalue weighted by Gasteiger charge is 2.53. The first-order chi connectivity index (χ1) is 17.5. The molecule has 0 N–H and O–H groups in total. The van der Waals surface area contributed by atoms with Crippen LogP contribution in [-0.4, -0.2) is 58.7 Å². The van der Waals surface area contributed by atoms with Crippen molar-refractivity contribution in [2.75, 3.05) is 20.1 Å². The summed E-state index contributed by atoms with van der Waals surface area (Å²) >= 11 is 0. The van der Waals surface area contributed by atoms with E-state index in [4.69, 9.17) is 4.74 Å². The Labute approximate surface area is 210 Å². The van der Waals surface area contributed by atoms with Gasteiger partial charge in [0.15, 0.2) is 0 Å². The Hall–Kier alpha value is -4.00. The molecule has 0 saturated carbocycles. The Morgan fingerprint density at radius 3 is 2.28 bits per heavy atom. The van der Waals surface area contributed by atoms with E-state index in [2.05, 4.69) is 4.98 Å². The Bertz CT molecular complexity index is 1240. The number of pyridine rings is 1. The first-order valence-corrected chi connectivity index (χ1v) is 12.3. The maximum atomic E-state index is 13.4. The number of likely N-dealkylation sites (tertiary alicyclic amines) is 2. The lowest BCUT2D eigenvalue weighted by atomic mass is 9.75. The van der Waals surface area contributed by atoms with Crippen molar-refractivity contribution in [1.82, 2.24) is 14.8 Å². The van der Waals surface area contributed by atoms with Gasteiger partial charge in [-0.05, 0) is 28.8 Å². The van der Waals surface area contributed by atoms with Gasteiger partial charge in [-0.15, -0.1) is 0 Å². The van der Waals surface area contributed by atoms with E-state index in [0.29, 0.717) is 31.5 Å². The summed E-state index contributed by atoms with van der Waals surface area (Å²) in [6.07, 6.45) is 4.77. The minimum absolute atomic E-state index is 0.000654. The van der Waals surface area contributed by atoms with Gasteiger partial charge in [-0.1, -0.05) is 54.6 Å². The van der Waals surface area contributed by atoms with E-state index >= 15 is 0 Å². The predicted molar refractivity (Wildman–Crippen MR) is 135 cm³/mol. The predicted octanol–water partition coefficient (Wildman–Crippen LogP) is 3.84. The topological polar surface area (TPSA) is 79.8 Å². The third-order valence-corrected chi connectivity index (χ3v) is 7.27.